The van der Waals surface area contributed by atoms with E-state index >= 15 is 4.39 Å². The van der Waals surface area contributed by atoms with Crippen molar-refractivity contribution in [3.8, 4) is 0 Å². The van der Waals surface area contributed by atoms with E-state index in [9.17, 15) is 14.7 Å². The highest BCUT2D eigenvalue weighted by Crippen LogP contribution is 2.47. The van der Waals surface area contributed by atoms with Gasteiger partial charge in [-0.1, -0.05) is 5.21 Å². The number of carboxylic acid groups (broad SMARTS) is 1. The van der Waals surface area contributed by atoms with Gasteiger partial charge >= 0.3 is 5.97 Å². The number of carbonyl (C=O) groups excluding carboxylic acids is 1. The SMILES string of the molecule is CC1=C(N2CCC(n3ccnn3)C2)C(F)=CN2CC(C(=O)O)C(=O)C(C3CC3)=C12. The Labute approximate surface area is 167 Å². The molecule has 2 atom stereocenters. The van der Waals surface area contributed by atoms with Crippen LogP contribution in [0.1, 0.15) is 32.2 Å². The number of aliphatic carboxylic acids is 1. The lowest BCUT2D eigenvalue weighted by Crippen LogP contribution is -2.44. The summed E-state index contributed by atoms with van der Waals surface area (Å²) in [6.45, 7) is 3.09. The summed E-state index contributed by atoms with van der Waals surface area (Å²) in [5.41, 5.74) is 2.48. The Bertz CT molecular complexity index is 976. The molecule has 2 fully saturated rings. The normalized spacial score (nSPS) is 27.5. The molecule has 4 aliphatic rings. The number of likely N-dealkylation sites (tertiary alicyclic amines) is 1. The molecule has 0 spiro atoms. The van der Waals surface area contributed by atoms with Crippen molar-refractivity contribution in [2.45, 2.75) is 32.2 Å². The second kappa shape index (κ2) is 6.53. The van der Waals surface area contributed by atoms with Gasteiger partial charge < -0.3 is 14.9 Å². The van der Waals surface area contributed by atoms with E-state index in [0.717, 1.165) is 19.3 Å². The lowest BCUT2D eigenvalue weighted by Gasteiger charge is -2.39. The molecular weight excluding hydrogens is 377 g/mol. The van der Waals surface area contributed by atoms with Gasteiger partial charge in [0.05, 0.1) is 23.6 Å². The number of rotatable bonds is 4. The van der Waals surface area contributed by atoms with E-state index in [1.165, 1.54) is 6.20 Å². The van der Waals surface area contributed by atoms with E-state index in [2.05, 4.69) is 10.3 Å². The second-order valence-corrected chi connectivity index (χ2v) is 8.17. The largest absolute Gasteiger partial charge is 0.481 e. The van der Waals surface area contributed by atoms with Crippen LogP contribution in [-0.2, 0) is 9.59 Å². The molecule has 9 heteroatoms. The maximum atomic E-state index is 15.2. The summed E-state index contributed by atoms with van der Waals surface area (Å²) >= 11 is 0. The van der Waals surface area contributed by atoms with Gasteiger partial charge in [-0.3, -0.25) is 9.59 Å². The first-order chi connectivity index (χ1) is 14.0. The monoisotopic (exact) mass is 399 g/mol. The number of hydrogen-bond donors (Lipinski definition) is 1. The number of carboxylic acids is 1. The number of ketones is 1. The average Bonchev–Trinajstić information content (AvgIpc) is 3.15. The molecule has 1 saturated heterocycles. The molecule has 5 rings (SSSR count). The molecule has 152 valence electrons. The first kappa shape index (κ1) is 18.1. The molecule has 0 radical (unpaired) electrons. The fourth-order valence-corrected chi connectivity index (χ4v) is 4.77. The van der Waals surface area contributed by atoms with Gasteiger partial charge in [0.1, 0.15) is 5.92 Å². The van der Waals surface area contributed by atoms with Crippen LogP contribution in [-0.4, -0.2) is 61.3 Å². The quantitative estimate of drug-likeness (QED) is 0.773. The van der Waals surface area contributed by atoms with E-state index in [0.29, 0.717) is 35.6 Å². The average molecular weight is 399 g/mol. The molecular formula is C20H22FN5O3. The zero-order valence-corrected chi connectivity index (χ0v) is 16.1. The highest BCUT2D eigenvalue weighted by Gasteiger charge is 2.46. The molecule has 2 unspecified atom stereocenters. The number of Topliss-reactive ketones (excluding diaryl/α,β-unsaturated/α-hetero) is 1. The highest BCUT2D eigenvalue weighted by molar-refractivity contribution is 6.10. The molecule has 1 aromatic rings. The molecule has 0 bridgehead atoms. The van der Waals surface area contributed by atoms with Gasteiger partial charge in [-0.05, 0) is 37.7 Å². The summed E-state index contributed by atoms with van der Waals surface area (Å²) in [6, 6.07) is 0.116. The zero-order valence-electron chi connectivity index (χ0n) is 16.1. The number of allylic oxidation sites excluding steroid dienone is 3. The molecule has 29 heavy (non-hydrogen) atoms. The van der Waals surface area contributed by atoms with Crippen molar-refractivity contribution in [3.05, 3.63) is 47.0 Å². The Morgan fingerprint density at radius 2 is 2.03 bits per heavy atom. The first-order valence-corrected chi connectivity index (χ1v) is 9.93. The molecule has 4 heterocycles. The van der Waals surface area contributed by atoms with Crippen LogP contribution in [0.15, 0.2) is 47.0 Å². The van der Waals surface area contributed by atoms with Crippen molar-refractivity contribution >= 4 is 11.8 Å². The zero-order chi connectivity index (χ0) is 20.3. The number of nitrogens with zero attached hydrogens (tertiary/aromatic N) is 5. The van der Waals surface area contributed by atoms with E-state index in [-0.39, 0.29) is 30.1 Å². The molecule has 0 amide bonds. The number of hydrogen-bond acceptors (Lipinski definition) is 6. The third-order valence-electron chi connectivity index (χ3n) is 6.29. The van der Waals surface area contributed by atoms with Gasteiger partial charge in [-0.15, -0.1) is 5.10 Å². The van der Waals surface area contributed by atoms with Crippen molar-refractivity contribution < 1.29 is 19.1 Å². The number of aromatic nitrogens is 3. The van der Waals surface area contributed by atoms with Gasteiger partial charge in [0.25, 0.3) is 0 Å². The predicted octanol–water partition coefficient (Wildman–Crippen LogP) is 1.87. The van der Waals surface area contributed by atoms with Crippen LogP contribution in [0.4, 0.5) is 4.39 Å². The van der Waals surface area contributed by atoms with Crippen molar-refractivity contribution in [3.63, 3.8) is 0 Å². The molecule has 3 aliphatic heterocycles. The van der Waals surface area contributed by atoms with E-state index < -0.39 is 11.9 Å². The summed E-state index contributed by atoms with van der Waals surface area (Å²) in [4.78, 5) is 28.2. The fraction of sp³-hybridized carbons (Fsp3) is 0.500. The summed E-state index contributed by atoms with van der Waals surface area (Å²) in [5.74, 6) is -2.92. The molecule has 0 aromatic carbocycles. The van der Waals surface area contributed by atoms with Gasteiger partial charge in [0.15, 0.2) is 11.6 Å². The molecule has 8 nitrogen and oxygen atoms in total. The summed E-state index contributed by atoms with van der Waals surface area (Å²) in [7, 11) is 0. The summed E-state index contributed by atoms with van der Waals surface area (Å²) in [5, 5.41) is 17.4. The third kappa shape index (κ3) is 2.87. The molecule has 1 saturated carbocycles. The lowest BCUT2D eigenvalue weighted by molar-refractivity contribution is -0.146. The van der Waals surface area contributed by atoms with Crippen LogP contribution in [0.25, 0.3) is 0 Å². The Morgan fingerprint density at radius 1 is 1.24 bits per heavy atom. The van der Waals surface area contributed by atoms with E-state index in [1.54, 1.807) is 15.8 Å². The Morgan fingerprint density at radius 3 is 2.69 bits per heavy atom. The Balaban J connectivity index is 1.54. The van der Waals surface area contributed by atoms with E-state index in [1.807, 2.05) is 18.0 Å². The summed E-state index contributed by atoms with van der Waals surface area (Å²) in [6.07, 6.45) is 7.38. The van der Waals surface area contributed by atoms with Crippen molar-refractivity contribution in [1.29, 1.82) is 0 Å². The maximum absolute atomic E-state index is 15.2. The summed E-state index contributed by atoms with van der Waals surface area (Å²) < 4.78 is 17.0. The topological polar surface area (TPSA) is 91.6 Å². The predicted molar refractivity (Wildman–Crippen MR) is 99.7 cm³/mol. The van der Waals surface area contributed by atoms with Gasteiger partial charge in [-0.2, -0.15) is 0 Å². The number of halogens is 1. The maximum Gasteiger partial charge on any atom is 0.316 e. The van der Waals surface area contributed by atoms with Crippen LogP contribution in [0.3, 0.4) is 0 Å². The van der Waals surface area contributed by atoms with Gasteiger partial charge in [-0.25, -0.2) is 9.07 Å². The number of fused-ring (bicyclic) bond motifs is 1. The van der Waals surface area contributed by atoms with Crippen molar-refractivity contribution in [1.82, 2.24) is 24.8 Å². The Hall–Kier alpha value is -2.97. The van der Waals surface area contributed by atoms with Gasteiger partial charge in [0, 0.05) is 37.6 Å². The highest BCUT2D eigenvalue weighted by atomic mass is 19.1. The lowest BCUT2D eigenvalue weighted by atomic mass is 9.85. The fourth-order valence-electron chi connectivity index (χ4n) is 4.77. The van der Waals surface area contributed by atoms with Crippen LogP contribution in [0.2, 0.25) is 0 Å². The molecule has 1 aliphatic carbocycles. The molecule has 1 aromatic heterocycles. The minimum atomic E-state index is -1.15. The van der Waals surface area contributed by atoms with Crippen LogP contribution < -0.4 is 0 Å². The number of carbonyl (C=O) groups is 2. The molecule has 1 N–H and O–H groups in total. The third-order valence-corrected chi connectivity index (χ3v) is 6.29. The van der Waals surface area contributed by atoms with E-state index in [4.69, 9.17) is 0 Å². The van der Waals surface area contributed by atoms with Crippen molar-refractivity contribution in [2.24, 2.45) is 11.8 Å². The standard InChI is InChI=1S/C20H22FN5O3/c1-11-17(24-6-4-13(8-24)26-7-5-22-23-26)15(21)10-25-9-14(20(28)29)19(27)16(18(11)25)12-2-3-12/h5,7,10,12-14H,2-4,6,8-9H2,1H3,(H,28,29). The van der Waals surface area contributed by atoms with Crippen LogP contribution in [0.5, 0.6) is 0 Å². The van der Waals surface area contributed by atoms with Crippen molar-refractivity contribution in [2.75, 3.05) is 19.6 Å². The second-order valence-electron chi connectivity index (χ2n) is 8.17. The van der Waals surface area contributed by atoms with Crippen LogP contribution in [0, 0.1) is 11.8 Å². The Kier molecular flexibility index (Phi) is 4.07. The van der Waals surface area contributed by atoms with Gasteiger partial charge in [0.2, 0.25) is 0 Å². The smallest absolute Gasteiger partial charge is 0.316 e. The van der Waals surface area contributed by atoms with Crippen LogP contribution >= 0.6 is 0 Å². The minimum Gasteiger partial charge on any atom is -0.481 e. The minimum absolute atomic E-state index is 0.0284. The first-order valence-electron chi connectivity index (χ1n) is 9.93.